The lowest BCUT2D eigenvalue weighted by atomic mass is 10.1. The summed E-state index contributed by atoms with van der Waals surface area (Å²) >= 11 is 0. The summed E-state index contributed by atoms with van der Waals surface area (Å²) in [5.41, 5.74) is 1.90. The number of aromatic nitrogens is 1. The van der Waals surface area contributed by atoms with Crippen LogP contribution >= 0.6 is 0 Å². The molecule has 0 spiro atoms. The van der Waals surface area contributed by atoms with Crippen LogP contribution in [0.3, 0.4) is 0 Å². The van der Waals surface area contributed by atoms with Gasteiger partial charge in [-0.15, -0.1) is 0 Å². The first-order chi connectivity index (χ1) is 11.1. The van der Waals surface area contributed by atoms with E-state index in [2.05, 4.69) is 4.90 Å². The molecule has 1 aromatic heterocycles. The van der Waals surface area contributed by atoms with Crippen molar-refractivity contribution in [1.82, 2.24) is 9.47 Å². The van der Waals surface area contributed by atoms with Gasteiger partial charge in [0.2, 0.25) is 0 Å². The monoisotopic (exact) mass is 320 g/mol. The Hall–Kier alpha value is -2.05. The Morgan fingerprint density at radius 1 is 1.22 bits per heavy atom. The fourth-order valence-electron chi connectivity index (χ4n) is 2.38. The van der Waals surface area contributed by atoms with Crippen molar-refractivity contribution in [3.8, 4) is 5.75 Å². The van der Waals surface area contributed by atoms with Gasteiger partial charge in [0.05, 0.1) is 19.2 Å². The largest absolute Gasteiger partial charge is 0.497 e. The minimum atomic E-state index is -0.406. The third-order valence-electron chi connectivity index (χ3n) is 3.63. The first-order valence-corrected chi connectivity index (χ1v) is 7.55. The van der Waals surface area contributed by atoms with Crippen LogP contribution in [0.4, 0.5) is 4.79 Å². The van der Waals surface area contributed by atoms with Crippen LogP contribution in [0.5, 0.6) is 5.75 Å². The Morgan fingerprint density at radius 3 is 2.65 bits per heavy atom. The molecule has 23 heavy (non-hydrogen) atoms. The van der Waals surface area contributed by atoms with E-state index in [1.807, 2.05) is 38.5 Å². The van der Waals surface area contributed by atoms with Gasteiger partial charge in [0, 0.05) is 31.3 Å². The van der Waals surface area contributed by atoms with Gasteiger partial charge in [0.15, 0.2) is 0 Å². The molecule has 0 aliphatic carbocycles. The normalized spacial score (nSPS) is 11.2. The number of benzene rings is 1. The highest BCUT2D eigenvalue weighted by Crippen LogP contribution is 2.26. The molecule has 2 aromatic rings. The minimum absolute atomic E-state index is 0.228. The van der Waals surface area contributed by atoms with Crippen molar-refractivity contribution in [2.75, 3.05) is 48.1 Å². The molecule has 6 nitrogen and oxygen atoms in total. The average molecular weight is 320 g/mol. The fraction of sp³-hybridized carbons (Fsp3) is 0.471. The second kappa shape index (κ2) is 7.99. The number of likely N-dealkylation sites (N-methyl/N-ethyl adjacent to an activating group) is 1. The van der Waals surface area contributed by atoms with Gasteiger partial charge in [-0.1, -0.05) is 0 Å². The number of carbonyl (C=O) groups excluding carboxylic acids is 1. The van der Waals surface area contributed by atoms with E-state index in [1.165, 1.54) is 0 Å². The molecule has 6 heteroatoms. The van der Waals surface area contributed by atoms with E-state index in [0.717, 1.165) is 29.4 Å². The summed E-state index contributed by atoms with van der Waals surface area (Å²) in [6.45, 7) is 1.51. The van der Waals surface area contributed by atoms with Gasteiger partial charge >= 0.3 is 6.09 Å². The molecule has 0 amide bonds. The van der Waals surface area contributed by atoms with Crippen molar-refractivity contribution in [3.05, 3.63) is 30.0 Å². The Labute approximate surface area is 136 Å². The molecule has 1 heterocycles. The maximum absolute atomic E-state index is 12.3. The van der Waals surface area contributed by atoms with Crippen LogP contribution in [0.25, 0.3) is 10.9 Å². The smallest absolute Gasteiger partial charge is 0.418 e. The van der Waals surface area contributed by atoms with Crippen LogP contribution in [0.1, 0.15) is 5.56 Å². The Balaban J connectivity index is 2.35. The van der Waals surface area contributed by atoms with E-state index in [1.54, 1.807) is 18.8 Å². The highest BCUT2D eigenvalue weighted by Gasteiger charge is 2.15. The number of hydrogen-bond acceptors (Lipinski definition) is 5. The predicted octanol–water partition coefficient (Wildman–Crippen LogP) is 2.39. The molecule has 0 N–H and O–H groups in total. The van der Waals surface area contributed by atoms with Crippen LogP contribution in [0.15, 0.2) is 24.4 Å². The number of nitrogens with zero attached hydrogens (tertiary/aromatic N) is 2. The molecular weight excluding hydrogens is 296 g/mol. The average Bonchev–Trinajstić information content (AvgIpc) is 2.91. The van der Waals surface area contributed by atoms with E-state index in [4.69, 9.17) is 14.2 Å². The third kappa shape index (κ3) is 4.24. The quantitative estimate of drug-likeness (QED) is 0.733. The molecule has 0 aliphatic rings. The molecule has 0 saturated heterocycles. The molecule has 0 radical (unpaired) electrons. The van der Waals surface area contributed by atoms with Crippen LogP contribution in [0, 0.1) is 0 Å². The number of fused-ring (bicyclic) bond motifs is 1. The van der Waals surface area contributed by atoms with E-state index in [-0.39, 0.29) is 6.61 Å². The number of carbonyl (C=O) groups is 1. The maximum atomic E-state index is 12.3. The number of rotatable bonds is 7. The fourth-order valence-corrected chi connectivity index (χ4v) is 2.38. The van der Waals surface area contributed by atoms with Gasteiger partial charge in [0.1, 0.15) is 12.4 Å². The van der Waals surface area contributed by atoms with Crippen LogP contribution in [-0.4, -0.2) is 63.6 Å². The Bertz CT molecular complexity index is 664. The summed E-state index contributed by atoms with van der Waals surface area (Å²) in [7, 11) is 7.24. The summed E-state index contributed by atoms with van der Waals surface area (Å²) in [4.78, 5) is 14.4. The van der Waals surface area contributed by atoms with E-state index < -0.39 is 6.09 Å². The molecule has 0 unspecified atom stereocenters. The van der Waals surface area contributed by atoms with Crippen LogP contribution in [-0.2, 0) is 15.9 Å². The molecule has 0 saturated carbocycles. The van der Waals surface area contributed by atoms with Crippen LogP contribution in [0.2, 0.25) is 0 Å². The Morgan fingerprint density at radius 2 is 2.00 bits per heavy atom. The highest BCUT2D eigenvalue weighted by molar-refractivity contribution is 5.92. The number of ether oxygens (including phenoxy) is 3. The summed E-state index contributed by atoms with van der Waals surface area (Å²) in [6, 6.07) is 5.74. The summed E-state index contributed by atoms with van der Waals surface area (Å²) < 4.78 is 17.0. The first kappa shape index (κ1) is 17.3. The SMILES string of the molecule is COCCOC(=O)n1cc(CCN(C)C)c2ccc(OC)cc21. The first-order valence-electron chi connectivity index (χ1n) is 7.55. The van der Waals surface area contributed by atoms with E-state index in [9.17, 15) is 4.79 Å². The topological polar surface area (TPSA) is 52.9 Å². The molecule has 0 aliphatic heterocycles. The molecule has 0 bridgehead atoms. The highest BCUT2D eigenvalue weighted by atomic mass is 16.6. The van der Waals surface area contributed by atoms with Gasteiger partial charge in [-0.25, -0.2) is 4.79 Å². The standard InChI is InChI=1S/C17H24N2O4/c1-18(2)8-7-13-12-19(17(20)23-10-9-21-3)16-11-14(22-4)5-6-15(13)16/h5-6,11-12H,7-10H2,1-4H3. The number of methoxy groups -OCH3 is 2. The molecule has 2 rings (SSSR count). The lowest BCUT2D eigenvalue weighted by Crippen LogP contribution is -2.16. The summed E-state index contributed by atoms with van der Waals surface area (Å²) in [5, 5.41) is 1.04. The van der Waals surface area contributed by atoms with Gasteiger partial charge in [-0.3, -0.25) is 4.57 Å². The van der Waals surface area contributed by atoms with Gasteiger partial charge in [-0.2, -0.15) is 0 Å². The second-order valence-electron chi connectivity index (χ2n) is 5.57. The zero-order valence-corrected chi connectivity index (χ0v) is 14.2. The molecule has 1 aromatic carbocycles. The predicted molar refractivity (Wildman–Crippen MR) is 89.4 cm³/mol. The van der Waals surface area contributed by atoms with E-state index in [0.29, 0.717) is 12.4 Å². The van der Waals surface area contributed by atoms with Crippen molar-refractivity contribution in [1.29, 1.82) is 0 Å². The summed E-state index contributed by atoms with van der Waals surface area (Å²) in [6.07, 6.45) is 2.30. The van der Waals surface area contributed by atoms with Crippen molar-refractivity contribution in [2.45, 2.75) is 6.42 Å². The number of hydrogen-bond donors (Lipinski definition) is 0. The van der Waals surface area contributed by atoms with Gasteiger partial charge < -0.3 is 19.1 Å². The summed E-state index contributed by atoms with van der Waals surface area (Å²) in [5.74, 6) is 0.709. The molecule has 126 valence electrons. The Kier molecular flexibility index (Phi) is 6.01. The van der Waals surface area contributed by atoms with Crippen molar-refractivity contribution in [3.63, 3.8) is 0 Å². The lowest BCUT2D eigenvalue weighted by molar-refractivity contribution is 0.100. The van der Waals surface area contributed by atoms with Crippen molar-refractivity contribution >= 4 is 17.0 Å². The zero-order chi connectivity index (χ0) is 16.8. The van der Waals surface area contributed by atoms with Crippen molar-refractivity contribution < 1.29 is 19.0 Å². The molecule has 0 atom stereocenters. The maximum Gasteiger partial charge on any atom is 0.418 e. The third-order valence-corrected chi connectivity index (χ3v) is 3.63. The lowest BCUT2D eigenvalue weighted by Gasteiger charge is -2.08. The van der Waals surface area contributed by atoms with Crippen molar-refractivity contribution in [2.24, 2.45) is 0 Å². The zero-order valence-electron chi connectivity index (χ0n) is 14.2. The van der Waals surface area contributed by atoms with Gasteiger partial charge in [-0.05, 0) is 38.2 Å². The minimum Gasteiger partial charge on any atom is -0.497 e. The van der Waals surface area contributed by atoms with E-state index >= 15 is 0 Å². The molecular formula is C17H24N2O4. The second-order valence-corrected chi connectivity index (χ2v) is 5.57. The van der Waals surface area contributed by atoms with Gasteiger partial charge in [0.25, 0.3) is 0 Å². The molecule has 0 fully saturated rings. The van der Waals surface area contributed by atoms with Crippen LogP contribution < -0.4 is 4.74 Å².